The number of aliphatic hydroxyl groups is 1. The summed E-state index contributed by atoms with van der Waals surface area (Å²) in [6, 6.07) is 5.74. The van der Waals surface area contributed by atoms with Crippen LogP contribution >= 0.6 is 0 Å². The minimum atomic E-state index is -0.745. The third-order valence-electron chi connectivity index (χ3n) is 2.28. The van der Waals surface area contributed by atoms with Gasteiger partial charge in [0.1, 0.15) is 6.10 Å². The largest absolute Gasteiger partial charge is 0.481 e. The van der Waals surface area contributed by atoms with Gasteiger partial charge in [-0.3, -0.25) is 10.1 Å². The highest BCUT2D eigenvalue weighted by molar-refractivity contribution is 5.51. The molecular weight excluding hydrogens is 224 g/mol. The van der Waals surface area contributed by atoms with Crippen molar-refractivity contribution < 1.29 is 14.8 Å². The van der Waals surface area contributed by atoms with Crippen molar-refractivity contribution in [1.82, 2.24) is 0 Å². The van der Waals surface area contributed by atoms with Gasteiger partial charge in [-0.2, -0.15) is 5.26 Å². The third kappa shape index (κ3) is 3.16. The van der Waals surface area contributed by atoms with E-state index < -0.39 is 17.1 Å². The summed E-state index contributed by atoms with van der Waals surface area (Å²) in [5.41, 5.74) is -0.0923. The summed E-state index contributed by atoms with van der Waals surface area (Å²) in [7, 11) is 0. The van der Waals surface area contributed by atoms with Gasteiger partial charge in [-0.1, -0.05) is 0 Å². The van der Waals surface area contributed by atoms with Crippen molar-refractivity contribution in [1.29, 1.82) is 5.26 Å². The Balaban J connectivity index is 3.08. The Morgan fingerprint density at radius 1 is 1.53 bits per heavy atom. The summed E-state index contributed by atoms with van der Waals surface area (Å²) < 4.78 is 5.27. The van der Waals surface area contributed by atoms with Gasteiger partial charge >= 0.3 is 5.69 Å². The lowest BCUT2D eigenvalue weighted by Crippen LogP contribution is -2.25. The molecule has 0 spiro atoms. The Morgan fingerprint density at radius 3 is 2.65 bits per heavy atom. The SMILES string of the molecule is CC(O)C(C)Oc1ccc(C#N)cc1[N+](=O)[O-]. The average molecular weight is 236 g/mol. The maximum absolute atomic E-state index is 10.8. The highest BCUT2D eigenvalue weighted by Gasteiger charge is 2.19. The van der Waals surface area contributed by atoms with E-state index in [9.17, 15) is 15.2 Å². The Hall–Kier alpha value is -2.13. The van der Waals surface area contributed by atoms with Crippen LogP contribution in [0.4, 0.5) is 5.69 Å². The minimum Gasteiger partial charge on any atom is -0.481 e. The Morgan fingerprint density at radius 2 is 2.18 bits per heavy atom. The molecule has 90 valence electrons. The number of nitriles is 1. The fraction of sp³-hybridized carbons (Fsp3) is 0.364. The second-order valence-corrected chi connectivity index (χ2v) is 3.61. The first-order valence-corrected chi connectivity index (χ1v) is 4.99. The Bertz CT molecular complexity index is 465. The number of ether oxygens (including phenoxy) is 1. The molecule has 6 heteroatoms. The van der Waals surface area contributed by atoms with Crippen molar-refractivity contribution in [3.8, 4) is 11.8 Å². The zero-order chi connectivity index (χ0) is 13.0. The van der Waals surface area contributed by atoms with Crippen LogP contribution in [-0.2, 0) is 0 Å². The van der Waals surface area contributed by atoms with Crippen LogP contribution in [0.1, 0.15) is 19.4 Å². The molecule has 6 nitrogen and oxygen atoms in total. The molecule has 0 aromatic heterocycles. The molecule has 0 heterocycles. The fourth-order valence-electron chi connectivity index (χ4n) is 1.13. The van der Waals surface area contributed by atoms with Crippen LogP contribution in [0, 0.1) is 21.4 Å². The zero-order valence-electron chi connectivity index (χ0n) is 9.45. The van der Waals surface area contributed by atoms with Crippen molar-refractivity contribution in [2.45, 2.75) is 26.1 Å². The van der Waals surface area contributed by atoms with E-state index in [-0.39, 0.29) is 17.0 Å². The molecule has 0 amide bonds. The molecule has 0 bridgehead atoms. The molecule has 0 saturated carbocycles. The van der Waals surface area contributed by atoms with E-state index in [1.807, 2.05) is 6.07 Å². The lowest BCUT2D eigenvalue weighted by molar-refractivity contribution is -0.386. The molecule has 17 heavy (non-hydrogen) atoms. The van der Waals surface area contributed by atoms with Gasteiger partial charge < -0.3 is 9.84 Å². The topological polar surface area (TPSA) is 96.4 Å². The number of nitro benzene ring substituents is 1. The molecule has 0 fully saturated rings. The number of hydrogen-bond acceptors (Lipinski definition) is 5. The van der Waals surface area contributed by atoms with Gasteiger partial charge in [-0.15, -0.1) is 0 Å². The lowest BCUT2D eigenvalue weighted by atomic mass is 10.2. The number of nitro groups is 1. The van der Waals surface area contributed by atoms with Gasteiger partial charge in [-0.05, 0) is 26.0 Å². The first-order valence-electron chi connectivity index (χ1n) is 4.99. The quantitative estimate of drug-likeness (QED) is 0.632. The highest BCUT2D eigenvalue weighted by atomic mass is 16.6. The van der Waals surface area contributed by atoms with Crippen LogP contribution in [0.3, 0.4) is 0 Å². The van der Waals surface area contributed by atoms with E-state index >= 15 is 0 Å². The molecular formula is C11H12N2O4. The summed E-state index contributed by atoms with van der Waals surface area (Å²) in [5, 5.41) is 28.7. The molecule has 1 aromatic carbocycles. The maximum atomic E-state index is 10.8. The van der Waals surface area contributed by atoms with Gasteiger partial charge in [-0.25, -0.2) is 0 Å². The summed E-state index contributed by atoms with van der Waals surface area (Å²) in [5.74, 6) is 0.0439. The Labute approximate surface area is 98.2 Å². The zero-order valence-corrected chi connectivity index (χ0v) is 9.45. The molecule has 1 aromatic rings. The predicted octanol–water partition coefficient (Wildman–Crippen LogP) is 1.61. The fourth-order valence-corrected chi connectivity index (χ4v) is 1.13. The molecule has 1 N–H and O–H groups in total. The van der Waals surface area contributed by atoms with Gasteiger partial charge in [0, 0.05) is 6.07 Å². The normalized spacial score (nSPS) is 13.5. The van der Waals surface area contributed by atoms with Crippen molar-refractivity contribution in [3.05, 3.63) is 33.9 Å². The molecule has 0 aliphatic heterocycles. The monoisotopic (exact) mass is 236 g/mol. The predicted molar refractivity (Wildman–Crippen MR) is 59.6 cm³/mol. The third-order valence-corrected chi connectivity index (χ3v) is 2.28. The summed E-state index contributed by atoms with van der Waals surface area (Å²) in [6.07, 6.45) is -1.31. The molecule has 2 unspecified atom stereocenters. The summed E-state index contributed by atoms with van der Waals surface area (Å²) >= 11 is 0. The molecule has 0 aliphatic rings. The number of aliphatic hydroxyl groups excluding tert-OH is 1. The second kappa shape index (κ2) is 5.27. The van der Waals surface area contributed by atoms with Crippen LogP contribution in [-0.4, -0.2) is 22.2 Å². The molecule has 1 rings (SSSR count). The molecule has 0 radical (unpaired) electrons. The number of hydrogen-bond donors (Lipinski definition) is 1. The van der Waals surface area contributed by atoms with Crippen molar-refractivity contribution in [2.24, 2.45) is 0 Å². The highest BCUT2D eigenvalue weighted by Crippen LogP contribution is 2.28. The smallest absolute Gasteiger partial charge is 0.312 e. The number of nitrogens with zero attached hydrogens (tertiary/aromatic N) is 2. The van der Waals surface area contributed by atoms with E-state index in [0.717, 1.165) is 6.07 Å². The first-order chi connectivity index (χ1) is 7.95. The number of benzene rings is 1. The van der Waals surface area contributed by atoms with Crippen molar-refractivity contribution >= 4 is 5.69 Å². The van der Waals surface area contributed by atoms with Crippen LogP contribution < -0.4 is 4.74 Å². The second-order valence-electron chi connectivity index (χ2n) is 3.61. The number of rotatable bonds is 4. The minimum absolute atomic E-state index is 0.0439. The van der Waals surface area contributed by atoms with Gasteiger partial charge in [0.2, 0.25) is 0 Å². The van der Waals surface area contributed by atoms with E-state index in [0.29, 0.717) is 0 Å². The summed E-state index contributed by atoms with van der Waals surface area (Å²) in [6.45, 7) is 3.13. The van der Waals surface area contributed by atoms with E-state index in [2.05, 4.69) is 0 Å². The van der Waals surface area contributed by atoms with Crippen LogP contribution in [0.15, 0.2) is 18.2 Å². The van der Waals surface area contributed by atoms with Gasteiger partial charge in [0.05, 0.1) is 22.7 Å². The van der Waals surface area contributed by atoms with Crippen molar-refractivity contribution in [2.75, 3.05) is 0 Å². The molecule has 0 saturated heterocycles. The molecule has 0 aliphatic carbocycles. The van der Waals surface area contributed by atoms with E-state index in [1.54, 1.807) is 6.92 Å². The van der Waals surface area contributed by atoms with E-state index in [4.69, 9.17) is 10.00 Å². The standard InChI is InChI=1S/C11H12N2O4/c1-7(14)8(2)17-11-4-3-9(6-12)5-10(11)13(15)16/h3-5,7-8,14H,1-2H3. The summed E-state index contributed by atoms with van der Waals surface area (Å²) in [4.78, 5) is 10.2. The maximum Gasteiger partial charge on any atom is 0.312 e. The van der Waals surface area contributed by atoms with E-state index in [1.165, 1.54) is 19.1 Å². The van der Waals surface area contributed by atoms with Crippen LogP contribution in [0.5, 0.6) is 5.75 Å². The Kier molecular flexibility index (Phi) is 4.01. The lowest BCUT2D eigenvalue weighted by Gasteiger charge is -2.16. The van der Waals surface area contributed by atoms with Crippen LogP contribution in [0.25, 0.3) is 0 Å². The van der Waals surface area contributed by atoms with Crippen molar-refractivity contribution in [3.63, 3.8) is 0 Å². The molecule has 2 atom stereocenters. The van der Waals surface area contributed by atoms with Gasteiger partial charge in [0.15, 0.2) is 5.75 Å². The first kappa shape index (κ1) is 12.9. The van der Waals surface area contributed by atoms with Crippen LogP contribution in [0.2, 0.25) is 0 Å². The average Bonchev–Trinajstić information content (AvgIpc) is 2.29. The van der Waals surface area contributed by atoms with Gasteiger partial charge in [0.25, 0.3) is 0 Å².